The van der Waals surface area contributed by atoms with Crippen molar-refractivity contribution < 1.29 is 19.1 Å². The number of nitrogens with zero attached hydrogens (tertiary/aromatic N) is 1. The summed E-state index contributed by atoms with van der Waals surface area (Å²) in [4.78, 5) is 40.9. The van der Waals surface area contributed by atoms with E-state index >= 15 is 0 Å². The predicted molar refractivity (Wildman–Crippen MR) is 116 cm³/mol. The molecule has 1 atom stereocenters. The summed E-state index contributed by atoms with van der Waals surface area (Å²) < 4.78 is 5.36. The van der Waals surface area contributed by atoms with E-state index in [1.165, 1.54) is 11.3 Å². The second-order valence-electron chi connectivity index (χ2n) is 9.57. The van der Waals surface area contributed by atoms with E-state index in [1.807, 2.05) is 13.0 Å². The molecule has 162 valence electrons. The minimum absolute atomic E-state index is 0.160. The monoisotopic (exact) mass is 423 g/mol. The maximum Gasteiger partial charge on any atom is 0.412 e. The molecule has 0 aromatic carbocycles. The molecule has 2 rings (SSSR count). The molecule has 1 aliphatic heterocycles. The van der Waals surface area contributed by atoms with Gasteiger partial charge >= 0.3 is 6.09 Å². The van der Waals surface area contributed by atoms with Crippen molar-refractivity contribution >= 4 is 34.2 Å². The molecule has 3 amide bonds. The molecule has 2 heterocycles. The van der Waals surface area contributed by atoms with Crippen LogP contribution >= 0.6 is 11.3 Å². The van der Waals surface area contributed by atoms with Crippen LogP contribution in [0.1, 0.15) is 77.0 Å². The standard InChI is InChI=1S/C21H33N3O4S/c1-9-21(8)17(26)22-10-11-24(21)16(25)13-12-14(19(2,3)4)29-15(13)23-18(27)28-20(5,6)7/h12H,9-11H2,1-8H3,(H,22,26)(H,23,27). The molecule has 0 radical (unpaired) electrons. The van der Waals surface area contributed by atoms with Gasteiger partial charge < -0.3 is 15.0 Å². The van der Waals surface area contributed by atoms with Crippen molar-refractivity contribution in [3.05, 3.63) is 16.5 Å². The molecule has 1 unspecified atom stereocenters. The largest absolute Gasteiger partial charge is 0.444 e. The number of hydrogen-bond acceptors (Lipinski definition) is 5. The van der Waals surface area contributed by atoms with Gasteiger partial charge in [0, 0.05) is 18.0 Å². The lowest BCUT2D eigenvalue weighted by molar-refractivity contribution is -0.134. The maximum absolute atomic E-state index is 13.5. The number of piperazine rings is 1. The van der Waals surface area contributed by atoms with Crippen molar-refractivity contribution in [2.45, 2.75) is 78.4 Å². The molecule has 0 spiro atoms. The Morgan fingerprint density at radius 1 is 1.28 bits per heavy atom. The van der Waals surface area contributed by atoms with Crippen LogP contribution in [0.2, 0.25) is 0 Å². The van der Waals surface area contributed by atoms with Gasteiger partial charge in [0.25, 0.3) is 5.91 Å². The first-order valence-electron chi connectivity index (χ1n) is 9.93. The summed E-state index contributed by atoms with van der Waals surface area (Å²) >= 11 is 1.36. The molecule has 1 saturated heterocycles. The van der Waals surface area contributed by atoms with Gasteiger partial charge in [-0.2, -0.15) is 0 Å². The van der Waals surface area contributed by atoms with E-state index in [4.69, 9.17) is 4.74 Å². The van der Waals surface area contributed by atoms with Gasteiger partial charge in [-0.05, 0) is 45.6 Å². The fraction of sp³-hybridized carbons (Fsp3) is 0.667. The van der Waals surface area contributed by atoms with Crippen LogP contribution in [0, 0.1) is 0 Å². The molecule has 0 aliphatic carbocycles. The van der Waals surface area contributed by atoms with Crippen molar-refractivity contribution in [2.24, 2.45) is 0 Å². The lowest BCUT2D eigenvalue weighted by Gasteiger charge is -2.43. The number of amides is 3. The van der Waals surface area contributed by atoms with Crippen LogP contribution in [0.15, 0.2) is 6.07 Å². The minimum Gasteiger partial charge on any atom is -0.444 e. The summed E-state index contributed by atoms with van der Waals surface area (Å²) in [5.41, 5.74) is -1.38. The Balaban J connectivity index is 2.44. The van der Waals surface area contributed by atoms with Gasteiger partial charge in [-0.25, -0.2) is 4.79 Å². The summed E-state index contributed by atoms with van der Waals surface area (Å²) in [5.74, 6) is -0.422. The van der Waals surface area contributed by atoms with Crippen LogP contribution in [0.5, 0.6) is 0 Å². The minimum atomic E-state index is -0.928. The molecule has 2 N–H and O–H groups in total. The normalized spacial score (nSPS) is 20.3. The van der Waals surface area contributed by atoms with Gasteiger partial charge in [-0.15, -0.1) is 11.3 Å². The van der Waals surface area contributed by atoms with Crippen molar-refractivity contribution in [3.63, 3.8) is 0 Å². The highest BCUT2D eigenvalue weighted by Gasteiger charge is 2.44. The van der Waals surface area contributed by atoms with E-state index in [0.717, 1.165) is 4.88 Å². The topological polar surface area (TPSA) is 87.7 Å². The molecule has 0 saturated carbocycles. The highest BCUT2D eigenvalue weighted by molar-refractivity contribution is 7.16. The quantitative estimate of drug-likeness (QED) is 0.765. The Morgan fingerprint density at radius 2 is 1.90 bits per heavy atom. The molecule has 1 aromatic rings. The van der Waals surface area contributed by atoms with E-state index in [9.17, 15) is 14.4 Å². The Morgan fingerprint density at radius 3 is 2.41 bits per heavy atom. The van der Waals surface area contributed by atoms with E-state index in [0.29, 0.717) is 30.1 Å². The zero-order valence-electron chi connectivity index (χ0n) is 18.7. The van der Waals surface area contributed by atoms with Crippen LogP contribution in [0.4, 0.5) is 9.80 Å². The summed E-state index contributed by atoms with van der Waals surface area (Å²) in [6, 6.07) is 1.82. The number of carbonyl (C=O) groups excluding carboxylic acids is 3. The Bertz CT molecular complexity index is 804. The third-order valence-corrected chi connectivity index (χ3v) is 6.43. The fourth-order valence-electron chi connectivity index (χ4n) is 3.07. The summed E-state index contributed by atoms with van der Waals surface area (Å²) in [5, 5.41) is 6.03. The second kappa shape index (κ2) is 7.97. The predicted octanol–water partition coefficient (Wildman–Crippen LogP) is 4.13. The fourth-order valence-corrected chi connectivity index (χ4v) is 4.17. The van der Waals surface area contributed by atoms with E-state index in [-0.39, 0.29) is 17.2 Å². The summed E-state index contributed by atoms with van der Waals surface area (Å²) in [6.07, 6.45) is -0.112. The highest BCUT2D eigenvalue weighted by Crippen LogP contribution is 2.38. The zero-order chi connectivity index (χ0) is 22.2. The summed E-state index contributed by atoms with van der Waals surface area (Å²) in [7, 11) is 0. The van der Waals surface area contributed by atoms with E-state index < -0.39 is 17.2 Å². The van der Waals surface area contributed by atoms with Crippen LogP contribution in [-0.4, -0.2) is 47.0 Å². The van der Waals surface area contributed by atoms with Crippen LogP contribution in [-0.2, 0) is 14.9 Å². The number of carbonyl (C=O) groups is 3. The third-order valence-electron chi connectivity index (χ3n) is 4.96. The van der Waals surface area contributed by atoms with Gasteiger partial charge in [0.1, 0.15) is 16.1 Å². The van der Waals surface area contributed by atoms with Gasteiger partial charge in [-0.1, -0.05) is 27.7 Å². The summed E-state index contributed by atoms with van der Waals surface area (Å²) in [6.45, 7) is 16.0. The first-order valence-corrected chi connectivity index (χ1v) is 10.8. The van der Waals surface area contributed by atoms with Crippen LogP contribution in [0.3, 0.4) is 0 Å². The molecule has 1 fully saturated rings. The molecule has 1 aromatic heterocycles. The van der Waals surface area contributed by atoms with Crippen molar-refractivity contribution in [2.75, 3.05) is 18.4 Å². The van der Waals surface area contributed by atoms with Crippen LogP contribution in [0.25, 0.3) is 0 Å². The Kier molecular flexibility index (Phi) is 6.37. The number of nitrogens with one attached hydrogen (secondary N) is 2. The van der Waals surface area contributed by atoms with Crippen molar-refractivity contribution in [3.8, 4) is 0 Å². The SMILES string of the molecule is CCC1(C)C(=O)NCCN1C(=O)c1cc(C(C)(C)C)sc1NC(=O)OC(C)(C)C. The smallest absolute Gasteiger partial charge is 0.412 e. The van der Waals surface area contributed by atoms with E-state index in [1.54, 1.807) is 32.6 Å². The van der Waals surface area contributed by atoms with Gasteiger partial charge in [0.05, 0.1) is 5.56 Å². The number of rotatable bonds is 3. The maximum atomic E-state index is 13.5. The average molecular weight is 424 g/mol. The Hall–Kier alpha value is -2.09. The van der Waals surface area contributed by atoms with Gasteiger partial charge in [0.15, 0.2) is 0 Å². The molecule has 1 aliphatic rings. The Labute approximate surface area is 177 Å². The number of ether oxygens (including phenoxy) is 1. The molecular weight excluding hydrogens is 390 g/mol. The molecule has 0 bridgehead atoms. The highest BCUT2D eigenvalue weighted by atomic mass is 32.1. The molecular formula is C21H33N3O4S. The molecule has 8 heteroatoms. The first-order chi connectivity index (χ1) is 13.2. The van der Waals surface area contributed by atoms with Gasteiger partial charge in [0.2, 0.25) is 5.91 Å². The first kappa shape index (κ1) is 23.2. The molecule has 7 nitrogen and oxygen atoms in total. The van der Waals surface area contributed by atoms with Crippen molar-refractivity contribution in [1.29, 1.82) is 0 Å². The third kappa shape index (κ3) is 5.10. The second-order valence-corrected chi connectivity index (χ2v) is 10.6. The number of hydrogen-bond donors (Lipinski definition) is 2. The lowest BCUT2D eigenvalue weighted by Crippen LogP contribution is -2.64. The number of thiophene rings is 1. The number of anilines is 1. The zero-order valence-corrected chi connectivity index (χ0v) is 19.5. The van der Waals surface area contributed by atoms with Crippen LogP contribution < -0.4 is 10.6 Å². The average Bonchev–Trinajstić information content (AvgIpc) is 2.99. The van der Waals surface area contributed by atoms with Crippen molar-refractivity contribution in [1.82, 2.24) is 10.2 Å². The van der Waals surface area contributed by atoms with Gasteiger partial charge in [-0.3, -0.25) is 14.9 Å². The van der Waals surface area contributed by atoms with E-state index in [2.05, 4.69) is 31.4 Å². The lowest BCUT2D eigenvalue weighted by atomic mass is 9.91. The molecule has 29 heavy (non-hydrogen) atoms.